The maximum Gasteiger partial charge on any atom is 0.293 e. The standard InChI is InChI=1S/C9H6INO/c10-8-3-1-2-7(6-8)4-5-9(11)12/h1-3,6H,(H2,11,12). The highest BCUT2D eigenvalue weighted by atomic mass is 127. The average molecular weight is 271 g/mol. The van der Waals surface area contributed by atoms with E-state index in [0.29, 0.717) is 0 Å². The van der Waals surface area contributed by atoms with E-state index in [-0.39, 0.29) is 0 Å². The minimum atomic E-state index is -0.603. The Morgan fingerprint density at radius 3 is 2.83 bits per heavy atom. The van der Waals surface area contributed by atoms with Crippen LogP contribution in [-0.4, -0.2) is 5.91 Å². The van der Waals surface area contributed by atoms with E-state index >= 15 is 0 Å². The van der Waals surface area contributed by atoms with E-state index in [4.69, 9.17) is 5.73 Å². The number of amides is 1. The molecule has 0 spiro atoms. The first-order chi connectivity index (χ1) is 5.68. The summed E-state index contributed by atoms with van der Waals surface area (Å²) in [5, 5.41) is 0. The van der Waals surface area contributed by atoms with Crippen molar-refractivity contribution in [3.05, 3.63) is 33.4 Å². The maximum atomic E-state index is 10.3. The van der Waals surface area contributed by atoms with Crippen molar-refractivity contribution in [2.75, 3.05) is 0 Å². The van der Waals surface area contributed by atoms with Crippen LogP contribution in [-0.2, 0) is 4.79 Å². The van der Waals surface area contributed by atoms with Crippen LogP contribution in [0.4, 0.5) is 0 Å². The van der Waals surface area contributed by atoms with Crippen molar-refractivity contribution < 1.29 is 4.79 Å². The van der Waals surface area contributed by atoms with E-state index in [2.05, 4.69) is 34.4 Å². The van der Waals surface area contributed by atoms with E-state index in [1.807, 2.05) is 24.3 Å². The zero-order valence-electron chi connectivity index (χ0n) is 6.17. The fourth-order valence-corrected chi connectivity index (χ4v) is 1.24. The van der Waals surface area contributed by atoms with E-state index < -0.39 is 5.91 Å². The van der Waals surface area contributed by atoms with Gasteiger partial charge in [0, 0.05) is 9.13 Å². The SMILES string of the molecule is NC(=O)C#Cc1cccc(I)c1. The predicted molar refractivity (Wildman–Crippen MR) is 55.2 cm³/mol. The summed E-state index contributed by atoms with van der Waals surface area (Å²) >= 11 is 2.18. The third-order valence-electron chi connectivity index (χ3n) is 1.15. The Kier molecular flexibility index (Phi) is 3.11. The average Bonchev–Trinajstić information content (AvgIpc) is 2.01. The van der Waals surface area contributed by atoms with Crippen molar-refractivity contribution in [2.45, 2.75) is 0 Å². The Morgan fingerprint density at radius 2 is 2.25 bits per heavy atom. The van der Waals surface area contributed by atoms with Crippen LogP contribution in [0.1, 0.15) is 5.56 Å². The molecule has 0 aliphatic carbocycles. The lowest BCUT2D eigenvalue weighted by molar-refractivity contribution is -0.112. The Morgan fingerprint density at radius 1 is 1.50 bits per heavy atom. The fraction of sp³-hybridized carbons (Fsp3) is 0. The van der Waals surface area contributed by atoms with Crippen LogP contribution in [0.15, 0.2) is 24.3 Å². The molecule has 1 aromatic carbocycles. The normalized spacial score (nSPS) is 8.42. The Hall–Kier alpha value is -1.02. The maximum absolute atomic E-state index is 10.3. The van der Waals surface area contributed by atoms with Crippen molar-refractivity contribution in [1.29, 1.82) is 0 Å². The van der Waals surface area contributed by atoms with Gasteiger partial charge in [-0.3, -0.25) is 4.79 Å². The molecule has 2 nitrogen and oxygen atoms in total. The second kappa shape index (κ2) is 4.12. The number of primary amides is 1. The number of hydrogen-bond acceptors (Lipinski definition) is 1. The summed E-state index contributed by atoms with van der Waals surface area (Å²) in [5.41, 5.74) is 5.67. The van der Waals surface area contributed by atoms with E-state index in [0.717, 1.165) is 9.13 Å². The van der Waals surface area contributed by atoms with Gasteiger partial charge < -0.3 is 5.73 Å². The number of benzene rings is 1. The molecule has 3 heteroatoms. The van der Waals surface area contributed by atoms with Crippen LogP contribution in [0.5, 0.6) is 0 Å². The van der Waals surface area contributed by atoms with Gasteiger partial charge in [0.15, 0.2) is 0 Å². The third-order valence-corrected chi connectivity index (χ3v) is 1.83. The summed E-state index contributed by atoms with van der Waals surface area (Å²) in [6, 6.07) is 7.55. The van der Waals surface area contributed by atoms with Crippen molar-refractivity contribution >= 4 is 28.5 Å². The van der Waals surface area contributed by atoms with Gasteiger partial charge >= 0.3 is 0 Å². The quantitative estimate of drug-likeness (QED) is 0.558. The van der Waals surface area contributed by atoms with E-state index in [1.165, 1.54) is 0 Å². The second-order valence-electron chi connectivity index (χ2n) is 2.12. The highest BCUT2D eigenvalue weighted by Gasteiger charge is 1.88. The van der Waals surface area contributed by atoms with Gasteiger partial charge in [-0.15, -0.1) is 0 Å². The molecule has 2 N–H and O–H groups in total. The lowest BCUT2D eigenvalue weighted by atomic mass is 10.2. The minimum Gasteiger partial charge on any atom is -0.359 e. The monoisotopic (exact) mass is 271 g/mol. The Labute approximate surface area is 84.3 Å². The molecule has 12 heavy (non-hydrogen) atoms. The number of halogens is 1. The molecule has 0 aliphatic heterocycles. The molecule has 60 valence electrons. The highest BCUT2D eigenvalue weighted by Crippen LogP contribution is 2.05. The molecule has 1 amide bonds. The van der Waals surface area contributed by atoms with Gasteiger partial charge in [-0.2, -0.15) is 0 Å². The first-order valence-corrected chi connectivity index (χ1v) is 4.33. The first kappa shape index (κ1) is 9.07. The van der Waals surface area contributed by atoms with Gasteiger partial charge in [-0.1, -0.05) is 12.0 Å². The summed E-state index contributed by atoms with van der Waals surface area (Å²) in [4.78, 5) is 10.3. The molecular weight excluding hydrogens is 265 g/mol. The number of carbonyl (C=O) groups is 1. The molecule has 0 atom stereocenters. The molecule has 0 fully saturated rings. The Balaban J connectivity index is 2.92. The van der Waals surface area contributed by atoms with Gasteiger partial charge in [-0.25, -0.2) is 0 Å². The summed E-state index contributed by atoms with van der Waals surface area (Å²) in [5.74, 6) is 4.33. The molecular formula is C9H6INO. The Bertz CT molecular complexity index is 362. The summed E-state index contributed by atoms with van der Waals surface area (Å²) < 4.78 is 1.09. The molecule has 1 aromatic rings. The molecule has 0 bridgehead atoms. The summed E-state index contributed by atoms with van der Waals surface area (Å²) in [7, 11) is 0. The zero-order chi connectivity index (χ0) is 8.97. The van der Waals surface area contributed by atoms with Crippen LogP contribution in [0.3, 0.4) is 0 Å². The van der Waals surface area contributed by atoms with Crippen LogP contribution in [0, 0.1) is 15.4 Å². The van der Waals surface area contributed by atoms with Crippen LogP contribution < -0.4 is 5.73 Å². The van der Waals surface area contributed by atoms with Crippen molar-refractivity contribution in [2.24, 2.45) is 5.73 Å². The van der Waals surface area contributed by atoms with Crippen molar-refractivity contribution in [3.8, 4) is 11.8 Å². The fourth-order valence-electron chi connectivity index (χ4n) is 0.700. The zero-order valence-corrected chi connectivity index (χ0v) is 8.33. The van der Waals surface area contributed by atoms with Gasteiger partial charge in [0.25, 0.3) is 5.91 Å². The predicted octanol–water partition coefficient (Wildman–Crippen LogP) is 1.13. The lowest BCUT2D eigenvalue weighted by Gasteiger charge is -1.89. The van der Waals surface area contributed by atoms with Gasteiger partial charge in [-0.05, 0) is 46.7 Å². The van der Waals surface area contributed by atoms with Crippen LogP contribution >= 0.6 is 22.6 Å². The molecule has 0 radical (unpaired) electrons. The number of hydrogen-bond donors (Lipinski definition) is 1. The topological polar surface area (TPSA) is 43.1 Å². The van der Waals surface area contributed by atoms with Gasteiger partial charge in [0.1, 0.15) is 0 Å². The molecule has 0 aromatic heterocycles. The number of carbonyl (C=O) groups excluding carboxylic acids is 1. The first-order valence-electron chi connectivity index (χ1n) is 3.25. The highest BCUT2D eigenvalue weighted by molar-refractivity contribution is 14.1. The number of nitrogens with two attached hydrogens (primary N) is 1. The molecule has 0 unspecified atom stereocenters. The van der Waals surface area contributed by atoms with E-state index in [9.17, 15) is 4.79 Å². The second-order valence-corrected chi connectivity index (χ2v) is 3.37. The van der Waals surface area contributed by atoms with E-state index in [1.54, 1.807) is 0 Å². The van der Waals surface area contributed by atoms with Gasteiger partial charge in [0.05, 0.1) is 0 Å². The summed E-state index contributed by atoms with van der Waals surface area (Å²) in [6.45, 7) is 0. The molecule has 0 saturated carbocycles. The number of rotatable bonds is 0. The minimum absolute atomic E-state index is 0.603. The molecule has 0 heterocycles. The lowest BCUT2D eigenvalue weighted by Crippen LogP contribution is -2.06. The van der Waals surface area contributed by atoms with Crippen molar-refractivity contribution in [1.82, 2.24) is 0 Å². The largest absolute Gasteiger partial charge is 0.359 e. The molecule has 1 rings (SSSR count). The van der Waals surface area contributed by atoms with Gasteiger partial charge in [0.2, 0.25) is 0 Å². The van der Waals surface area contributed by atoms with Crippen LogP contribution in [0.2, 0.25) is 0 Å². The van der Waals surface area contributed by atoms with Crippen molar-refractivity contribution in [3.63, 3.8) is 0 Å². The van der Waals surface area contributed by atoms with Crippen LogP contribution in [0.25, 0.3) is 0 Å². The third kappa shape index (κ3) is 2.93. The summed E-state index contributed by atoms with van der Waals surface area (Å²) in [6.07, 6.45) is 0. The smallest absolute Gasteiger partial charge is 0.293 e. The molecule has 0 aliphatic rings. The molecule has 0 saturated heterocycles.